The minimum Gasteiger partial charge on any atom is -0.507 e. The fourth-order valence-electron chi connectivity index (χ4n) is 17.6. The molecule has 0 radical (unpaired) electrons. The van der Waals surface area contributed by atoms with Gasteiger partial charge < -0.3 is 129 Å². The van der Waals surface area contributed by atoms with Crippen molar-refractivity contribution >= 4 is 0 Å². The Kier molecular flexibility index (Phi) is 21.9. The van der Waals surface area contributed by atoms with Gasteiger partial charge in [0.2, 0.25) is 0 Å². The van der Waals surface area contributed by atoms with Gasteiger partial charge in [-0.25, -0.2) is 0 Å². The summed E-state index contributed by atoms with van der Waals surface area (Å²) in [6, 6.07) is 0. The largest absolute Gasteiger partial charge is 0.507 e. The molecule has 17 N–H and O–H groups in total. The van der Waals surface area contributed by atoms with Crippen LogP contribution in [0.25, 0.3) is 0 Å². The van der Waals surface area contributed by atoms with Crippen molar-refractivity contribution in [2.24, 2.45) is 51.2 Å². The summed E-state index contributed by atoms with van der Waals surface area (Å²) in [4.78, 5) is 0. The molecule has 26 heteroatoms. The third-order valence-corrected chi connectivity index (χ3v) is 23.1. The van der Waals surface area contributed by atoms with E-state index in [2.05, 4.69) is 53.3 Å². The van der Waals surface area contributed by atoms with Crippen LogP contribution in [0.4, 0.5) is 0 Å². The van der Waals surface area contributed by atoms with Gasteiger partial charge >= 0.3 is 0 Å². The summed E-state index contributed by atoms with van der Waals surface area (Å²) in [7, 11) is 0. The lowest BCUT2D eigenvalue weighted by molar-refractivity contribution is -0.379. The molecule has 5 saturated heterocycles. The first-order valence-corrected chi connectivity index (χ1v) is 31.7. The number of hydrogen-bond donors (Lipinski definition) is 17. The third-order valence-electron chi connectivity index (χ3n) is 23.1. The molecule has 0 amide bonds. The second-order valence-corrected chi connectivity index (χ2v) is 28.8. The van der Waals surface area contributed by atoms with Crippen LogP contribution in [0.3, 0.4) is 0 Å². The van der Waals surface area contributed by atoms with E-state index < -0.39 is 197 Å². The zero-order valence-electron chi connectivity index (χ0n) is 51.7. The van der Waals surface area contributed by atoms with Crippen molar-refractivity contribution in [3.63, 3.8) is 0 Å². The van der Waals surface area contributed by atoms with E-state index in [1.165, 1.54) is 11.6 Å². The Morgan fingerprint density at radius 1 is 0.625 bits per heavy atom. The molecule has 3 saturated carbocycles. The smallest absolute Gasteiger partial charge is 0.187 e. The topological polar surface area (TPSA) is 427 Å². The molecule has 9 aliphatic rings. The van der Waals surface area contributed by atoms with Crippen LogP contribution in [-0.4, -0.2) is 272 Å². The van der Waals surface area contributed by atoms with Crippen molar-refractivity contribution in [1.82, 2.24) is 0 Å². The lowest BCUT2D eigenvalue weighted by Gasteiger charge is -2.66. The van der Waals surface area contributed by atoms with Gasteiger partial charge in [-0.15, -0.1) is 0 Å². The average molecular weight is 1260 g/mol. The molecule has 4 aliphatic carbocycles. The van der Waals surface area contributed by atoms with Crippen LogP contribution in [0.1, 0.15) is 120 Å². The highest BCUT2D eigenvalue weighted by Crippen LogP contribution is 2.75. The van der Waals surface area contributed by atoms with Crippen LogP contribution in [0, 0.1) is 51.2 Å². The van der Waals surface area contributed by atoms with Gasteiger partial charge in [0.15, 0.2) is 25.2 Å². The number of fused-ring (bicyclic) bond motifs is 5. The molecule has 0 aromatic rings. The van der Waals surface area contributed by atoms with Crippen LogP contribution < -0.4 is 0 Å². The molecule has 5 aliphatic heterocycles. The molecule has 88 heavy (non-hydrogen) atoms. The zero-order chi connectivity index (χ0) is 64.5. The zero-order valence-corrected chi connectivity index (χ0v) is 51.7. The lowest BCUT2D eigenvalue weighted by Crippen LogP contribution is -2.67. The Balaban J connectivity index is 0.880. The first-order chi connectivity index (χ1) is 41.3. The van der Waals surface area contributed by atoms with E-state index >= 15 is 0 Å². The molecule has 0 aromatic heterocycles. The number of aliphatic hydroxyl groups excluding tert-OH is 16. The summed E-state index contributed by atoms with van der Waals surface area (Å²) < 4.78 is 54.8. The summed E-state index contributed by atoms with van der Waals surface area (Å²) in [6.45, 7) is 14.3. The van der Waals surface area contributed by atoms with E-state index in [9.17, 15) is 81.7 Å². The van der Waals surface area contributed by atoms with Gasteiger partial charge in [-0.05, 0) is 118 Å². The second kappa shape index (κ2) is 27.4. The van der Waals surface area contributed by atoms with Gasteiger partial charge in [0.1, 0.15) is 97.8 Å². The van der Waals surface area contributed by atoms with E-state index in [1.807, 2.05) is 0 Å². The molecule has 0 spiro atoms. The fourth-order valence-corrected chi connectivity index (χ4v) is 17.6. The number of aliphatic hydroxyl groups is 17. The van der Waals surface area contributed by atoms with Crippen molar-refractivity contribution in [2.45, 2.75) is 279 Å². The van der Waals surface area contributed by atoms with Crippen molar-refractivity contribution in [3.8, 4) is 0 Å². The molecule has 9 rings (SSSR count). The predicted octanol–water partition coefficient (Wildman–Crippen LogP) is -1.84. The number of hydrogen-bond acceptors (Lipinski definition) is 26. The van der Waals surface area contributed by atoms with Crippen LogP contribution in [0.15, 0.2) is 29.7 Å². The van der Waals surface area contributed by atoms with Gasteiger partial charge in [0.05, 0.1) is 68.7 Å². The monoisotopic (exact) mass is 1260 g/mol. The molecule has 0 aromatic carbocycles. The van der Waals surface area contributed by atoms with Crippen LogP contribution in [0.5, 0.6) is 0 Å². The molecule has 506 valence electrons. The number of rotatable bonds is 19. The molecule has 5 unspecified atom stereocenters. The van der Waals surface area contributed by atoms with Crippen molar-refractivity contribution in [2.75, 3.05) is 26.4 Å². The molecule has 33 atom stereocenters. The maximum atomic E-state index is 11.9. The van der Waals surface area contributed by atoms with Gasteiger partial charge in [0, 0.05) is 17.8 Å². The Labute approximate surface area is 513 Å². The Hall–Kier alpha value is -1.94. The predicted molar refractivity (Wildman–Crippen MR) is 304 cm³/mol. The highest BCUT2D eigenvalue weighted by atomic mass is 16.8. The summed E-state index contributed by atoms with van der Waals surface area (Å²) >= 11 is 0. The van der Waals surface area contributed by atoms with Gasteiger partial charge in [-0.3, -0.25) is 0 Å². The standard InChI is InChI=1S/C62H102O26/c1-27(11-15-40(59(4,5)79)87-57-53(88-56-51(78)47(74)43(70)36(25-66)84-56)48(75)44(71)37(85-57)26-80-54-32(68)22-31(67)33(82-54)10-9-21-63)28-17-18-62(8)38-14-12-29-30(60(38,6)19-20-61(28,62)7)13-16-39(58(29,2)3)86-55-50(77)45(72)41(34(23-64)83-55)52-49(76)46(73)42(69)35(24-65)81-52/h10,12,21,27-28,30-57,63-79H,11,13-20,22-26H2,1-8H3/t9?,27-,28?,30?,31+,32-,33?,34-,35-,36+,37-,38?,39+,40-,41?,42-,43+,44-,45+,46+,47-,48+,49-,50-,51+,52+,53-,54-,55+,56-,57+,60+,61-,62+/m1/s1. The van der Waals surface area contributed by atoms with E-state index in [-0.39, 0.29) is 46.8 Å². The fraction of sp³-hybridized carbons (Fsp3) is 0.919. The summed E-state index contributed by atoms with van der Waals surface area (Å²) in [5, 5.41) is 183. The minimum absolute atomic E-state index is 0.0802. The summed E-state index contributed by atoms with van der Waals surface area (Å²) in [5.41, 5.74) is 1.29. The van der Waals surface area contributed by atoms with Crippen molar-refractivity contribution in [1.29, 1.82) is 0 Å². The van der Waals surface area contributed by atoms with Crippen LogP contribution in [0.2, 0.25) is 0 Å². The maximum absolute atomic E-state index is 11.9. The molecule has 8 fully saturated rings. The van der Waals surface area contributed by atoms with E-state index in [0.717, 1.165) is 38.5 Å². The Morgan fingerprint density at radius 3 is 1.88 bits per heavy atom. The highest BCUT2D eigenvalue weighted by molar-refractivity contribution is 5.30. The van der Waals surface area contributed by atoms with Crippen LogP contribution in [-0.2, 0) is 42.6 Å². The quantitative estimate of drug-likeness (QED) is 0.0384. The van der Waals surface area contributed by atoms with Gasteiger partial charge in [0.25, 0.3) is 0 Å². The van der Waals surface area contributed by atoms with E-state index in [0.29, 0.717) is 25.0 Å². The third kappa shape index (κ3) is 12.9. The van der Waals surface area contributed by atoms with Crippen molar-refractivity contribution < 1.29 is 129 Å². The van der Waals surface area contributed by atoms with Crippen molar-refractivity contribution in [3.05, 3.63) is 29.7 Å². The number of ether oxygens (including phenoxy) is 9. The molecule has 26 nitrogen and oxygen atoms in total. The van der Waals surface area contributed by atoms with Crippen LogP contribution >= 0.6 is 0 Å². The normalized spacial score (nSPS) is 50.3. The number of allylic oxidation sites excluding steroid dienone is 1. The van der Waals surface area contributed by atoms with E-state index in [1.54, 1.807) is 13.8 Å². The molecular weight excluding hydrogens is 1160 g/mol. The summed E-state index contributed by atoms with van der Waals surface area (Å²) in [6.07, 6.45) is -26.3. The lowest BCUT2D eigenvalue weighted by atomic mass is 9.39. The maximum Gasteiger partial charge on any atom is 0.187 e. The molecule has 5 heterocycles. The Bertz CT molecular complexity index is 2400. The SMILES string of the molecule is C[C@H](CC[C@@H](O[C@@H]1O[C@H](CO[C@@H]2OC(C=C=CO)[C@@H](O)C[C@H]2O)[C@@H](O)[C@H](O)[C@H]1O[C@H]1O[C@@H](CO)[C@H](O)[C@@H](O)[C@@H]1O)C(C)(C)O)C1CC[C@@]2(C)C3CC=C4C(CC[C@H](O[C@@H]5O[C@H](CO)C([C@@H]6O[C@H](CO)[C@@H](O)[C@H](O)[C@H]6O)[C@H](O)[C@H]5O)C4(C)C)[C@]3(C)CC[C@]12C. The van der Waals surface area contributed by atoms with Gasteiger partial charge in [-0.2, -0.15) is 0 Å². The molecular formula is C62H102O26. The summed E-state index contributed by atoms with van der Waals surface area (Å²) in [5.74, 6) is -0.374. The first-order valence-electron chi connectivity index (χ1n) is 31.7. The highest BCUT2D eigenvalue weighted by Gasteiger charge is 2.68. The average Bonchev–Trinajstić information content (AvgIpc) is 1.36. The Morgan fingerprint density at radius 2 is 1.23 bits per heavy atom. The first kappa shape index (κ1) is 70.4. The van der Waals surface area contributed by atoms with Gasteiger partial charge in [-0.1, -0.05) is 58.9 Å². The minimum atomic E-state index is -1.91. The molecule has 0 bridgehead atoms. The second-order valence-electron chi connectivity index (χ2n) is 28.8. The van der Waals surface area contributed by atoms with E-state index in [4.69, 9.17) is 47.7 Å².